The number of benzene rings is 1. The van der Waals surface area contributed by atoms with Crippen molar-refractivity contribution in [2.75, 3.05) is 25.0 Å². The van der Waals surface area contributed by atoms with Crippen molar-refractivity contribution in [3.63, 3.8) is 0 Å². The fraction of sp³-hybridized carbons (Fsp3) is 0.579. The van der Waals surface area contributed by atoms with Gasteiger partial charge >= 0.3 is 0 Å². The van der Waals surface area contributed by atoms with Crippen molar-refractivity contribution in [3.05, 3.63) is 24.3 Å². The number of unbranched alkanes of at least 4 members (excludes halogenated alkanes) is 1. The molecule has 5 nitrogen and oxygen atoms in total. The Morgan fingerprint density at radius 1 is 1.17 bits per heavy atom. The highest BCUT2D eigenvalue weighted by Crippen LogP contribution is 2.21. The number of anilines is 1. The molecule has 0 bridgehead atoms. The lowest BCUT2D eigenvalue weighted by atomic mass is 9.95. The topological polar surface area (TPSA) is 58.6 Å². The standard InChI is InChI=1S/C19H28N2O3/c1-3-5-6-18(22)21-13-11-15(12-14-21)19(23)20-16-7-9-17(10-8-16)24-4-2/h7-10,15H,3-6,11-14H2,1-2H3,(H,20,23). The second-order valence-corrected chi connectivity index (χ2v) is 6.21. The van der Waals surface area contributed by atoms with Gasteiger partial charge < -0.3 is 15.0 Å². The number of nitrogens with zero attached hydrogens (tertiary/aromatic N) is 1. The first-order valence-electron chi connectivity index (χ1n) is 8.95. The molecule has 1 aromatic carbocycles. The molecule has 0 aromatic heterocycles. The molecule has 132 valence electrons. The summed E-state index contributed by atoms with van der Waals surface area (Å²) >= 11 is 0. The molecular weight excluding hydrogens is 304 g/mol. The van der Waals surface area contributed by atoms with Gasteiger partial charge in [0.25, 0.3) is 0 Å². The molecule has 1 aliphatic rings. The van der Waals surface area contributed by atoms with E-state index in [9.17, 15) is 9.59 Å². The molecule has 0 saturated carbocycles. The summed E-state index contributed by atoms with van der Waals surface area (Å²) in [5, 5.41) is 2.96. The Hall–Kier alpha value is -2.04. The van der Waals surface area contributed by atoms with Crippen molar-refractivity contribution in [1.29, 1.82) is 0 Å². The van der Waals surface area contributed by atoms with Crippen LogP contribution in [0.5, 0.6) is 5.75 Å². The van der Waals surface area contributed by atoms with Gasteiger partial charge in [-0.15, -0.1) is 0 Å². The van der Waals surface area contributed by atoms with Crippen LogP contribution in [0.25, 0.3) is 0 Å². The summed E-state index contributed by atoms with van der Waals surface area (Å²) in [7, 11) is 0. The van der Waals surface area contributed by atoms with Crippen LogP contribution in [-0.2, 0) is 9.59 Å². The number of hydrogen-bond donors (Lipinski definition) is 1. The Bertz CT molecular complexity index is 534. The second kappa shape index (κ2) is 9.30. The molecule has 2 amide bonds. The van der Waals surface area contributed by atoms with Crippen molar-refractivity contribution >= 4 is 17.5 Å². The van der Waals surface area contributed by atoms with Crippen molar-refractivity contribution in [2.45, 2.75) is 46.0 Å². The number of carbonyl (C=O) groups is 2. The van der Waals surface area contributed by atoms with Gasteiger partial charge in [0.1, 0.15) is 5.75 Å². The van der Waals surface area contributed by atoms with Gasteiger partial charge in [0.2, 0.25) is 11.8 Å². The third kappa shape index (κ3) is 5.25. The van der Waals surface area contributed by atoms with Crippen LogP contribution < -0.4 is 10.1 Å². The minimum absolute atomic E-state index is 0.0215. The fourth-order valence-electron chi connectivity index (χ4n) is 2.92. The molecule has 1 aromatic rings. The molecule has 1 heterocycles. The zero-order valence-corrected chi connectivity index (χ0v) is 14.7. The Labute approximate surface area is 144 Å². The van der Waals surface area contributed by atoms with Gasteiger partial charge in [-0.25, -0.2) is 0 Å². The molecule has 24 heavy (non-hydrogen) atoms. The van der Waals surface area contributed by atoms with Crippen LogP contribution >= 0.6 is 0 Å². The molecule has 1 N–H and O–H groups in total. The molecule has 0 aliphatic carbocycles. The summed E-state index contributed by atoms with van der Waals surface area (Å²) in [5.74, 6) is 1.04. The minimum Gasteiger partial charge on any atom is -0.494 e. The zero-order chi connectivity index (χ0) is 17.4. The summed E-state index contributed by atoms with van der Waals surface area (Å²) in [6.45, 7) is 6.02. The molecule has 2 rings (SSSR count). The Kier molecular flexibility index (Phi) is 7.09. The highest BCUT2D eigenvalue weighted by Gasteiger charge is 2.27. The van der Waals surface area contributed by atoms with E-state index in [-0.39, 0.29) is 17.7 Å². The van der Waals surface area contributed by atoms with Crippen LogP contribution in [0.15, 0.2) is 24.3 Å². The summed E-state index contributed by atoms with van der Waals surface area (Å²) in [6.07, 6.45) is 4.07. The molecule has 0 unspecified atom stereocenters. The van der Waals surface area contributed by atoms with Crippen LogP contribution in [-0.4, -0.2) is 36.4 Å². The molecule has 1 aliphatic heterocycles. The van der Waals surface area contributed by atoms with Gasteiger partial charge in [-0.3, -0.25) is 9.59 Å². The normalized spacial score (nSPS) is 15.2. The molecule has 0 atom stereocenters. The van der Waals surface area contributed by atoms with E-state index in [4.69, 9.17) is 4.74 Å². The largest absolute Gasteiger partial charge is 0.494 e. The number of nitrogens with one attached hydrogen (secondary N) is 1. The third-order valence-electron chi connectivity index (χ3n) is 4.40. The highest BCUT2D eigenvalue weighted by atomic mass is 16.5. The van der Waals surface area contributed by atoms with Crippen LogP contribution in [0.4, 0.5) is 5.69 Å². The molecule has 1 fully saturated rings. The summed E-state index contributed by atoms with van der Waals surface area (Å²) in [4.78, 5) is 26.3. The first-order chi connectivity index (χ1) is 11.6. The van der Waals surface area contributed by atoms with Gasteiger partial charge in [0.15, 0.2) is 0 Å². The van der Waals surface area contributed by atoms with E-state index in [1.165, 1.54) is 0 Å². The van der Waals surface area contributed by atoms with Crippen LogP contribution in [0.2, 0.25) is 0 Å². The number of ether oxygens (including phenoxy) is 1. The maximum atomic E-state index is 12.4. The highest BCUT2D eigenvalue weighted by molar-refractivity contribution is 5.92. The van der Waals surface area contributed by atoms with Gasteiger partial charge in [-0.05, 0) is 50.5 Å². The third-order valence-corrected chi connectivity index (χ3v) is 4.40. The lowest BCUT2D eigenvalue weighted by Crippen LogP contribution is -2.41. The van der Waals surface area contributed by atoms with E-state index in [0.717, 1.165) is 37.1 Å². The fourth-order valence-corrected chi connectivity index (χ4v) is 2.92. The predicted octanol–water partition coefficient (Wildman–Crippen LogP) is 3.45. The van der Waals surface area contributed by atoms with Gasteiger partial charge in [0, 0.05) is 31.1 Å². The average molecular weight is 332 g/mol. The zero-order valence-electron chi connectivity index (χ0n) is 14.7. The summed E-state index contributed by atoms with van der Waals surface area (Å²) < 4.78 is 5.39. The van der Waals surface area contributed by atoms with Crippen molar-refractivity contribution < 1.29 is 14.3 Å². The molecule has 0 radical (unpaired) electrons. The van der Waals surface area contributed by atoms with E-state index in [0.29, 0.717) is 26.1 Å². The van der Waals surface area contributed by atoms with E-state index in [2.05, 4.69) is 12.2 Å². The number of amides is 2. The van der Waals surface area contributed by atoms with Crippen molar-refractivity contribution in [3.8, 4) is 5.75 Å². The van der Waals surface area contributed by atoms with Crippen molar-refractivity contribution in [2.24, 2.45) is 5.92 Å². The minimum atomic E-state index is -0.0215. The Morgan fingerprint density at radius 3 is 2.42 bits per heavy atom. The number of likely N-dealkylation sites (tertiary alicyclic amines) is 1. The SMILES string of the molecule is CCCCC(=O)N1CCC(C(=O)Nc2ccc(OCC)cc2)CC1. The smallest absolute Gasteiger partial charge is 0.227 e. The number of carbonyl (C=O) groups excluding carboxylic acids is 2. The lowest BCUT2D eigenvalue weighted by molar-refractivity contribution is -0.134. The quantitative estimate of drug-likeness (QED) is 0.832. The van der Waals surface area contributed by atoms with E-state index >= 15 is 0 Å². The summed E-state index contributed by atoms with van der Waals surface area (Å²) in [5.41, 5.74) is 0.782. The van der Waals surface area contributed by atoms with Crippen molar-refractivity contribution in [1.82, 2.24) is 4.90 Å². The lowest BCUT2D eigenvalue weighted by Gasteiger charge is -2.31. The number of rotatable bonds is 7. The molecule has 0 spiro atoms. The van der Waals surface area contributed by atoms with E-state index in [1.54, 1.807) is 0 Å². The molecular formula is C19H28N2O3. The Balaban J connectivity index is 1.79. The van der Waals surface area contributed by atoms with E-state index in [1.807, 2.05) is 36.1 Å². The van der Waals surface area contributed by atoms with Crippen LogP contribution in [0.1, 0.15) is 46.0 Å². The molecule has 5 heteroatoms. The van der Waals surface area contributed by atoms with E-state index < -0.39 is 0 Å². The maximum Gasteiger partial charge on any atom is 0.227 e. The Morgan fingerprint density at radius 2 is 1.83 bits per heavy atom. The monoisotopic (exact) mass is 332 g/mol. The van der Waals surface area contributed by atoms with Gasteiger partial charge in [-0.2, -0.15) is 0 Å². The van der Waals surface area contributed by atoms with Gasteiger partial charge in [0.05, 0.1) is 6.61 Å². The number of piperidine rings is 1. The van der Waals surface area contributed by atoms with Crippen LogP contribution in [0.3, 0.4) is 0 Å². The number of hydrogen-bond acceptors (Lipinski definition) is 3. The van der Waals surface area contributed by atoms with Crippen LogP contribution in [0, 0.1) is 5.92 Å². The average Bonchev–Trinajstić information content (AvgIpc) is 2.61. The van der Waals surface area contributed by atoms with Gasteiger partial charge in [-0.1, -0.05) is 13.3 Å². The molecule has 1 saturated heterocycles. The first-order valence-corrected chi connectivity index (χ1v) is 8.95. The predicted molar refractivity (Wildman–Crippen MR) is 95.1 cm³/mol. The maximum absolute atomic E-state index is 12.4. The summed E-state index contributed by atoms with van der Waals surface area (Å²) in [6, 6.07) is 7.42. The first kappa shape index (κ1) is 18.3. The second-order valence-electron chi connectivity index (χ2n) is 6.21.